The number of thioether (sulfide) groups is 1. The molecule has 0 amide bonds. The lowest BCUT2D eigenvalue weighted by molar-refractivity contribution is 0.762. The molecule has 0 aliphatic carbocycles. The fraction of sp³-hybridized carbons (Fsp3) is 0.118. The lowest BCUT2D eigenvalue weighted by atomic mass is 10.3. The van der Waals surface area contributed by atoms with E-state index in [1.807, 2.05) is 60.7 Å². The zero-order valence-corrected chi connectivity index (χ0v) is 15.5. The minimum atomic E-state index is 0.0303. The van der Waals surface area contributed by atoms with Gasteiger partial charge < -0.3 is 5.32 Å². The predicted molar refractivity (Wildman–Crippen MR) is 103 cm³/mol. The number of tetrazole rings is 1. The number of benzene rings is 2. The van der Waals surface area contributed by atoms with E-state index in [4.69, 9.17) is 0 Å². The van der Waals surface area contributed by atoms with Crippen molar-refractivity contribution >= 4 is 33.9 Å². The maximum atomic E-state index is 4.26. The highest BCUT2D eigenvalue weighted by Crippen LogP contribution is 2.37. The number of hydrogen-bond acceptors (Lipinski definition) is 8. The molecule has 1 N–H and O–H groups in total. The van der Waals surface area contributed by atoms with E-state index in [0.29, 0.717) is 0 Å². The largest absolute Gasteiger partial charge is 0.330 e. The molecule has 9 heteroatoms. The summed E-state index contributed by atoms with van der Waals surface area (Å²) in [4.78, 5) is 0. The Morgan fingerprint density at radius 1 is 0.962 bits per heavy atom. The Bertz CT molecular complexity index is 969. The zero-order valence-electron chi connectivity index (χ0n) is 13.9. The van der Waals surface area contributed by atoms with E-state index in [2.05, 4.69) is 38.0 Å². The van der Waals surface area contributed by atoms with E-state index >= 15 is 0 Å². The SMILES string of the molecule is CC(Sc1nnc(Nc2ccccc2)s1)c1nnnn1-c1ccccc1. The summed E-state index contributed by atoms with van der Waals surface area (Å²) in [7, 11) is 0. The Morgan fingerprint density at radius 3 is 2.46 bits per heavy atom. The first kappa shape index (κ1) is 16.7. The van der Waals surface area contributed by atoms with Crippen molar-refractivity contribution in [3.63, 3.8) is 0 Å². The summed E-state index contributed by atoms with van der Waals surface area (Å²) in [5, 5.41) is 24.6. The normalized spacial score (nSPS) is 12.0. The Balaban J connectivity index is 1.48. The van der Waals surface area contributed by atoms with Gasteiger partial charge in [0.25, 0.3) is 0 Å². The molecule has 4 rings (SSSR count). The molecule has 0 aliphatic rings. The Hall–Kier alpha value is -2.78. The van der Waals surface area contributed by atoms with Gasteiger partial charge in [0.1, 0.15) is 0 Å². The highest BCUT2D eigenvalue weighted by Gasteiger charge is 2.19. The van der Waals surface area contributed by atoms with Crippen molar-refractivity contribution in [1.82, 2.24) is 30.4 Å². The molecule has 0 aliphatic heterocycles. The highest BCUT2D eigenvalue weighted by molar-refractivity contribution is 8.01. The van der Waals surface area contributed by atoms with E-state index in [-0.39, 0.29) is 5.25 Å². The molecule has 1 atom stereocenters. The molecule has 0 fully saturated rings. The summed E-state index contributed by atoms with van der Waals surface area (Å²) in [5.41, 5.74) is 1.92. The Labute approximate surface area is 158 Å². The van der Waals surface area contributed by atoms with Crippen LogP contribution in [0, 0.1) is 0 Å². The molecule has 0 saturated heterocycles. The molecule has 26 heavy (non-hydrogen) atoms. The summed E-state index contributed by atoms with van der Waals surface area (Å²) < 4.78 is 2.61. The third-order valence-electron chi connectivity index (χ3n) is 3.57. The van der Waals surface area contributed by atoms with Gasteiger partial charge in [0.05, 0.1) is 10.9 Å². The predicted octanol–water partition coefficient (Wildman–Crippen LogP) is 4.11. The lowest BCUT2D eigenvalue weighted by Gasteiger charge is -2.09. The van der Waals surface area contributed by atoms with Crippen LogP contribution in [-0.2, 0) is 0 Å². The molecule has 0 spiro atoms. The first-order chi connectivity index (χ1) is 12.8. The summed E-state index contributed by atoms with van der Waals surface area (Å²) in [6.45, 7) is 2.06. The summed E-state index contributed by atoms with van der Waals surface area (Å²) in [6.07, 6.45) is 0. The molecule has 2 heterocycles. The van der Waals surface area contributed by atoms with Crippen molar-refractivity contribution < 1.29 is 0 Å². The van der Waals surface area contributed by atoms with Gasteiger partial charge >= 0.3 is 0 Å². The number of aromatic nitrogens is 6. The maximum Gasteiger partial charge on any atom is 0.210 e. The third-order valence-corrected chi connectivity index (χ3v) is 5.59. The van der Waals surface area contributed by atoms with Crippen molar-refractivity contribution in [2.75, 3.05) is 5.32 Å². The summed E-state index contributed by atoms with van der Waals surface area (Å²) in [5.74, 6) is 0.772. The number of anilines is 2. The average Bonchev–Trinajstić information content (AvgIpc) is 3.33. The topological polar surface area (TPSA) is 81.4 Å². The van der Waals surface area contributed by atoms with Crippen LogP contribution in [0.25, 0.3) is 5.69 Å². The highest BCUT2D eigenvalue weighted by atomic mass is 32.2. The Morgan fingerprint density at radius 2 is 1.69 bits per heavy atom. The van der Waals surface area contributed by atoms with E-state index in [9.17, 15) is 0 Å². The zero-order chi connectivity index (χ0) is 17.8. The molecule has 4 aromatic rings. The van der Waals surface area contributed by atoms with Crippen LogP contribution in [0.3, 0.4) is 0 Å². The third kappa shape index (κ3) is 3.73. The van der Waals surface area contributed by atoms with Crippen LogP contribution < -0.4 is 5.32 Å². The van der Waals surface area contributed by atoms with E-state index in [1.165, 1.54) is 11.3 Å². The Kier molecular flexibility index (Phi) is 4.89. The average molecular weight is 381 g/mol. The second-order valence-corrected chi connectivity index (χ2v) is 7.97. The fourth-order valence-corrected chi connectivity index (χ4v) is 4.36. The van der Waals surface area contributed by atoms with Gasteiger partial charge in [-0.05, 0) is 41.6 Å². The standard InChI is InChI=1S/C17H15N7S2/c1-12(15-19-22-23-24(15)14-10-6-3-7-11-14)25-17-21-20-16(26-17)18-13-8-4-2-5-9-13/h2-12H,1H3,(H,18,20). The van der Waals surface area contributed by atoms with Crippen molar-refractivity contribution in [3.8, 4) is 5.69 Å². The first-order valence-electron chi connectivity index (χ1n) is 7.95. The smallest absolute Gasteiger partial charge is 0.210 e. The van der Waals surface area contributed by atoms with Crippen molar-refractivity contribution in [1.29, 1.82) is 0 Å². The number of hydrogen-bond donors (Lipinski definition) is 1. The number of nitrogens with one attached hydrogen (secondary N) is 1. The summed E-state index contributed by atoms with van der Waals surface area (Å²) >= 11 is 3.09. The van der Waals surface area contributed by atoms with Gasteiger partial charge in [-0.2, -0.15) is 4.68 Å². The van der Waals surface area contributed by atoms with Crippen LogP contribution in [0.15, 0.2) is 65.0 Å². The molecule has 2 aromatic heterocycles. The first-order valence-corrected chi connectivity index (χ1v) is 9.65. The van der Waals surface area contributed by atoms with Crippen molar-refractivity contribution in [3.05, 3.63) is 66.5 Å². The molecule has 0 bridgehead atoms. The van der Waals surface area contributed by atoms with Gasteiger partial charge in [-0.25, -0.2) is 0 Å². The quantitative estimate of drug-likeness (QED) is 0.503. The van der Waals surface area contributed by atoms with Crippen LogP contribution in [0.5, 0.6) is 0 Å². The van der Waals surface area contributed by atoms with Crippen molar-refractivity contribution in [2.24, 2.45) is 0 Å². The van der Waals surface area contributed by atoms with Crippen LogP contribution in [0.4, 0.5) is 10.8 Å². The monoisotopic (exact) mass is 381 g/mol. The van der Waals surface area contributed by atoms with Gasteiger partial charge in [-0.15, -0.1) is 15.3 Å². The number of para-hydroxylation sites is 2. The molecular weight excluding hydrogens is 366 g/mol. The molecule has 2 aromatic carbocycles. The van der Waals surface area contributed by atoms with Gasteiger partial charge in [0.2, 0.25) is 5.13 Å². The van der Waals surface area contributed by atoms with Gasteiger partial charge in [-0.1, -0.05) is 59.5 Å². The minimum absolute atomic E-state index is 0.0303. The lowest BCUT2D eigenvalue weighted by Crippen LogP contribution is -2.04. The van der Waals surface area contributed by atoms with Crippen molar-refractivity contribution in [2.45, 2.75) is 16.5 Å². The molecule has 1 unspecified atom stereocenters. The summed E-state index contributed by atoms with van der Waals surface area (Å²) in [6, 6.07) is 19.8. The molecule has 130 valence electrons. The second-order valence-electron chi connectivity index (χ2n) is 5.41. The second kappa shape index (κ2) is 7.63. The van der Waals surface area contributed by atoms with Gasteiger partial charge in [0.15, 0.2) is 10.2 Å². The van der Waals surface area contributed by atoms with Crippen LogP contribution in [0.1, 0.15) is 18.0 Å². The van der Waals surface area contributed by atoms with Crippen LogP contribution in [0.2, 0.25) is 0 Å². The van der Waals surface area contributed by atoms with E-state index in [0.717, 1.165) is 26.7 Å². The van der Waals surface area contributed by atoms with E-state index < -0.39 is 0 Å². The maximum absolute atomic E-state index is 4.26. The van der Waals surface area contributed by atoms with E-state index in [1.54, 1.807) is 16.4 Å². The number of rotatable bonds is 6. The molecule has 0 saturated carbocycles. The fourth-order valence-electron chi connectivity index (χ4n) is 2.36. The molecular formula is C17H15N7S2. The number of nitrogens with zero attached hydrogens (tertiary/aromatic N) is 6. The molecule has 0 radical (unpaired) electrons. The van der Waals surface area contributed by atoms with Crippen LogP contribution >= 0.6 is 23.1 Å². The van der Waals surface area contributed by atoms with Crippen LogP contribution in [-0.4, -0.2) is 30.4 Å². The minimum Gasteiger partial charge on any atom is -0.330 e. The van der Waals surface area contributed by atoms with Gasteiger partial charge in [0, 0.05) is 5.69 Å². The van der Waals surface area contributed by atoms with Gasteiger partial charge in [-0.3, -0.25) is 0 Å². The molecule has 7 nitrogen and oxygen atoms in total.